The first-order valence-electron chi connectivity index (χ1n) is 9.74. The summed E-state index contributed by atoms with van der Waals surface area (Å²) in [5, 5.41) is 5.98. The zero-order chi connectivity index (χ0) is 18.7. The van der Waals surface area contributed by atoms with E-state index >= 15 is 0 Å². The molecule has 0 aromatic carbocycles. The first kappa shape index (κ1) is 18.9. The predicted molar refractivity (Wildman–Crippen MR) is 97.9 cm³/mol. The molecule has 2 amide bonds. The fourth-order valence-electron chi connectivity index (χ4n) is 4.29. The molecule has 0 radical (unpaired) electrons. The van der Waals surface area contributed by atoms with Gasteiger partial charge in [0.15, 0.2) is 5.89 Å². The number of carbonyl (C=O) groups is 2. The van der Waals surface area contributed by atoms with Crippen molar-refractivity contribution in [1.82, 2.24) is 20.5 Å². The van der Waals surface area contributed by atoms with Gasteiger partial charge in [-0.1, -0.05) is 12.8 Å². The SMILES string of the molecule is CCNC(=O)[C@@H]1C[C@H](NC(=O)c2oc(C)nc2C)CN1CC1CCCC1. The van der Waals surface area contributed by atoms with Crippen LogP contribution in [0.4, 0.5) is 0 Å². The molecule has 2 heterocycles. The average Bonchev–Trinajstić information content (AvgIpc) is 3.29. The van der Waals surface area contributed by atoms with Gasteiger partial charge in [-0.25, -0.2) is 4.98 Å². The number of nitrogens with one attached hydrogen (secondary N) is 2. The minimum absolute atomic E-state index is 0.0543. The van der Waals surface area contributed by atoms with E-state index in [1.165, 1.54) is 25.7 Å². The highest BCUT2D eigenvalue weighted by molar-refractivity contribution is 5.92. The van der Waals surface area contributed by atoms with E-state index in [2.05, 4.69) is 20.5 Å². The lowest BCUT2D eigenvalue weighted by Gasteiger charge is -2.26. The molecule has 2 N–H and O–H groups in total. The van der Waals surface area contributed by atoms with Gasteiger partial charge in [-0.05, 0) is 39.0 Å². The Kier molecular flexibility index (Phi) is 5.96. The van der Waals surface area contributed by atoms with E-state index in [1.54, 1.807) is 13.8 Å². The van der Waals surface area contributed by atoms with Crippen LogP contribution in [0.2, 0.25) is 0 Å². The van der Waals surface area contributed by atoms with E-state index in [0.717, 1.165) is 6.54 Å². The van der Waals surface area contributed by atoms with Crippen LogP contribution in [0.5, 0.6) is 0 Å². The van der Waals surface area contributed by atoms with Crippen molar-refractivity contribution < 1.29 is 14.0 Å². The largest absolute Gasteiger partial charge is 0.436 e. The van der Waals surface area contributed by atoms with Crippen molar-refractivity contribution in [3.8, 4) is 0 Å². The summed E-state index contributed by atoms with van der Waals surface area (Å²) in [4.78, 5) is 31.4. The topological polar surface area (TPSA) is 87.5 Å². The number of hydrogen-bond acceptors (Lipinski definition) is 5. The molecule has 2 atom stereocenters. The van der Waals surface area contributed by atoms with Gasteiger partial charge in [0.05, 0.1) is 11.7 Å². The number of hydrogen-bond donors (Lipinski definition) is 2. The van der Waals surface area contributed by atoms with E-state index in [-0.39, 0.29) is 29.7 Å². The molecule has 2 aliphatic rings. The van der Waals surface area contributed by atoms with Crippen LogP contribution in [-0.2, 0) is 4.79 Å². The minimum atomic E-state index is -0.245. The fraction of sp³-hybridized carbons (Fsp3) is 0.737. The van der Waals surface area contributed by atoms with Crippen molar-refractivity contribution in [2.24, 2.45) is 5.92 Å². The summed E-state index contributed by atoms with van der Waals surface area (Å²) in [5.41, 5.74) is 0.598. The highest BCUT2D eigenvalue weighted by Gasteiger charge is 2.38. The van der Waals surface area contributed by atoms with Crippen molar-refractivity contribution >= 4 is 11.8 Å². The molecular weight excluding hydrogens is 332 g/mol. The summed E-state index contributed by atoms with van der Waals surface area (Å²) < 4.78 is 5.42. The predicted octanol–water partition coefficient (Wildman–Crippen LogP) is 1.79. The molecule has 1 aromatic rings. The number of likely N-dealkylation sites (tertiary alicyclic amines) is 1. The standard InChI is InChI=1S/C19H30N4O3/c1-4-20-18(24)16-9-15(11-23(16)10-14-7-5-6-8-14)22-19(25)17-12(2)21-13(3)26-17/h14-16H,4-11H2,1-3H3,(H,20,24)(H,22,25)/t15-,16-/m0/s1. The maximum Gasteiger partial charge on any atom is 0.289 e. The molecule has 144 valence electrons. The van der Waals surface area contributed by atoms with Gasteiger partial charge in [0, 0.05) is 32.6 Å². The molecule has 0 unspecified atom stereocenters. The second-order valence-corrected chi connectivity index (χ2v) is 7.57. The summed E-state index contributed by atoms with van der Waals surface area (Å²) in [6.45, 7) is 7.70. The smallest absolute Gasteiger partial charge is 0.289 e. The van der Waals surface area contributed by atoms with E-state index in [9.17, 15) is 9.59 Å². The lowest BCUT2D eigenvalue weighted by molar-refractivity contribution is -0.125. The van der Waals surface area contributed by atoms with Gasteiger partial charge in [-0.15, -0.1) is 0 Å². The molecular formula is C19H30N4O3. The second-order valence-electron chi connectivity index (χ2n) is 7.57. The van der Waals surface area contributed by atoms with E-state index in [4.69, 9.17) is 4.42 Å². The third-order valence-electron chi connectivity index (χ3n) is 5.47. The first-order valence-corrected chi connectivity index (χ1v) is 9.74. The first-order chi connectivity index (χ1) is 12.5. The molecule has 0 bridgehead atoms. The molecule has 0 spiro atoms. The Hall–Kier alpha value is -1.89. The van der Waals surface area contributed by atoms with Crippen molar-refractivity contribution in [2.45, 2.75) is 65.0 Å². The number of likely N-dealkylation sites (N-methyl/N-ethyl adjacent to an activating group) is 1. The number of amides is 2. The summed E-state index contributed by atoms with van der Waals surface area (Å²) in [7, 11) is 0. The zero-order valence-electron chi connectivity index (χ0n) is 16.0. The quantitative estimate of drug-likeness (QED) is 0.806. The van der Waals surface area contributed by atoms with Gasteiger partial charge in [0.1, 0.15) is 0 Å². The van der Waals surface area contributed by atoms with Crippen molar-refractivity contribution in [3.63, 3.8) is 0 Å². The number of nitrogens with zero attached hydrogens (tertiary/aromatic N) is 2. The van der Waals surface area contributed by atoms with Gasteiger partial charge >= 0.3 is 0 Å². The van der Waals surface area contributed by atoms with Crippen LogP contribution in [0.15, 0.2) is 4.42 Å². The lowest BCUT2D eigenvalue weighted by atomic mass is 10.1. The molecule has 1 saturated heterocycles. The summed E-state index contributed by atoms with van der Waals surface area (Å²) in [6, 6.07) is -0.222. The third kappa shape index (κ3) is 4.26. The van der Waals surface area contributed by atoms with Gasteiger partial charge in [0.2, 0.25) is 11.7 Å². The number of rotatable bonds is 6. The molecule has 1 saturated carbocycles. The number of carbonyl (C=O) groups excluding carboxylic acids is 2. The van der Waals surface area contributed by atoms with Crippen LogP contribution < -0.4 is 10.6 Å². The van der Waals surface area contributed by atoms with Gasteiger partial charge < -0.3 is 15.1 Å². The highest BCUT2D eigenvalue weighted by atomic mass is 16.4. The molecule has 3 rings (SSSR count). The Labute approximate surface area is 154 Å². The number of oxazole rings is 1. The maximum atomic E-state index is 12.5. The van der Waals surface area contributed by atoms with Crippen molar-refractivity contribution in [2.75, 3.05) is 19.6 Å². The molecule has 1 aromatic heterocycles. The molecule has 7 heteroatoms. The van der Waals surface area contributed by atoms with Gasteiger partial charge in [-0.3, -0.25) is 14.5 Å². The van der Waals surface area contributed by atoms with E-state index in [0.29, 0.717) is 37.0 Å². The molecule has 1 aliphatic heterocycles. The second kappa shape index (κ2) is 8.20. The van der Waals surface area contributed by atoms with Crippen LogP contribution in [0.25, 0.3) is 0 Å². The highest BCUT2D eigenvalue weighted by Crippen LogP contribution is 2.29. The average molecular weight is 362 g/mol. The van der Waals surface area contributed by atoms with E-state index in [1.807, 2.05) is 6.92 Å². The fourth-order valence-corrected chi connectivity index (χ4v) is 4.29. The van der Waals surface area contributed by atoms with Gasteiger partial charge in [0.25, 0.3) is 5.91 Å². The summed E-state index contributed by atoms with van der Waals surface area (Å²) >= 11 is 0. The Morgan fingerprint density at radius 1 is 1.27 bits per heavy atom. The third-order valence-corrected chi connectivity index (χ3v) is 5.47. The Morgan fingerprint density at radius 2 is 2.00 bits per heavy atom. The van der Waals surface area contributed by atoms with Crippen LogP contribution >= 0.6 is 0 Å². The van der Waals surface area contributed by atoms with Crippen LogP contribution in [-0.4, -0.2) is 53.4 Å². The van der Waals surface area contributed by atoms with Crippen LogP contribution in [0, 0.1) is 19.8 Å². The van der Waals surface area contributed by atoms with Crippen LogP contribution in [0.3, 0.4) is 0 Å². The minimum Gasteiger partial charge on any atom is -0.436 e. The van der Waals surface area contributed by atoms with Gasteiger partial charge in [-0.2, -0.15) is 0 Å². The number of aryl methyl sites for hydroxylation is 2. The molecule has 26 heavy (non-hydrogen) atoms. The number of aromatic nitrogens is 1. The summed E-state index contributed by atoms with van der Waals surface area (Å²) in [5.74, 6) is 1.24. The van der Waals surface area contributed by atoms with Crippen molar-refractivity contribution in [3.05, 3.63) is 17.3 Å². The maximum absolute atomic E-state index is 12.5. The van der Waals surface area contributed by atoms with Crippen LogP contribution in [0.1, 0.15) is 61.2 Å². The normalized spacial score (nSPS) is 24.1. The Morgan fingerprint density at radius 3 is 2.62 bits per heavy atom. The molecule has 1 aliphatic carbocycles. The zero-order valence-corrected chi connectivity index (χ0v) is 16.0. The monoisotopic (exact) mass is 362 g/mol. The Balaban J connectivity index is 1.65. The summed E-state index contributed by atoms with van der Waals surface area (Å²) in [6.07, 6.45) is 5.69. The van der Waals surface area contributed by atoms with E-state index < -0.39 is 0 Å². The Bertz CT molecular complexity index is 651. The molecule has 7 nitrogen and oxygen atoms in total. The molecule has 2 fully saturated rings. The van der Waals surface area contributed by atoms with Crippen molar-refractivity contribution in [1.29, 1.82) is 0 Å². The lowest BCUT2D eigenvalue weighted by Crippen LogP contribution is -2.44.